The summed E-state index contributed by atoms with van der Waals surface area (Å²) >= 11 is 8.36. The first-order valence-electron chi connectivity index (χ1n) is 9.09. The highest BCUT2D eigenvalue weighted by molar-refractivity contribution is 9.10. The molecule has 166 valence electrons. The van der Waals surface area contributed by atoms with Crippen LogP contribution in [0.4, 0.5) is 11.6 Å². The summed E-state index contributed by atoms with van der Waals surface area (Å²) in [7, 11) is -3.89. The lowest BCUT2D eigenvalue weighted by molar-refractivity contribution is 0.0975. The number of thiocarbonyl (C=S) groups is 1. The van der Waals surface area contributed by atoms with Gasteiger partial charge in [0.2, 0.25) is 5.95 Å². The van der Waals surface area contributed by atoms with Crippen molar-refractivity contribution >= 4 is 60.8 Å². The highest BCUT2D eigenvalue weighted by Crippen LogP contribution is 2.22. The average molecular weight is 536 g/mol. The first kappa shape index (κ1) is 23.6. The molecule has 32 heavy (non-hydrogen) atoms. The van der Waals surface area contributed by atoms with Crippen LogP contribution in [0.2, 0.25) is 0 Å². The fourth-order valence-electron chi connectivity index (χ4n) is 2.69. The second-order valence-electron chi connectivity index (χ2n) is 6.67. The molecule has 2 aromatic carbocycles. The van der Waals surface area contributed by atoms with Crippen LogP contribution in [0.25, 0.3) is 0 Å². The van der Waals surface area contributed by atoms with Crippen LogP contribution in [-0.4, -0.2) is 34.5 Å². The summed E-state index contributed by atoms with van der Waals surface area (Å²) in [6.45, 7) is 3.49. The standard InChI is InChI=1S/C20H18BrN5O4S2/c1-11-9-12(2)23-19(22-11)26-32(29,30)15-6-4-14(5-7-15)24-20(31)25-18(28)16-10-13(21)3-8-17(16)27/h3-10,27H,1-2H3,(H,22,23,26)(H2,24,25,28,31). The van der Waals surface area contributed by atoms with E-state index in [-0.39, 0.29) is 27.3 Å². The Hall–Kier alpha value is -3.09. The second-order valence-corrected chi connectivity index (χ2v) is 9.68. The largest absolute Gasteiger partial charge is 0.507 e. The lowest BCUT2D eigenvalue weighted by Crippen LogP contribution is -2.34. The Kier molecular flexibility index (Phi) is 7.06. The van der Waals surface area contributed by atoms with Crippen LogP contribution in [0.15, 0.2) is 57.9 Å². The summed E-state index contributed by atoms with van der Waals surface area (Å²) in [5.41, 5.74) is 1.78. The Morgan fingerprint density at radius 1 is 1.03 bits per heavy atom. The van der Waals surface area contributed by atoms with Gasteiger partial charge in [0.05, 0.1) is 10.5 Å². The van der Waals surface area contributed by atoms with Crippen LogP contribution < -0.4 is 15.4 Å². The lowest BCUT2D eigenvalue weighted by Gasteiger charge is -2.12. The number of phenols is 1. The van der Waals surface area contributed by atoms with E-state index in [0.29, 0.717) is 21.5 Å². The molecule has 0 atom stereocenters. The van der Waals surface area contributed by atoms with Crippen molar-refractivity contribution in [2.45, 2.75) is 18.7 Å². The zero-order chi connectivity index (χ0) is 23.5. The van der Waals surface area contributed by atoms with Crippen molar-refractivity contribution in [2.75, 3.05) is 10.0 Å². The molecule has 12 heteroatoms. The number of anilines is 2. The first-order chi connectivity index (χ1) is 15.0. The molecule has 0 radical (unpaired) electrons. The van der Waals surface area contributed by atoms with Gasteiger partial charge in [0.25, 0.3) is 15.9 Å². The minimum atomic E-state index is -3.89. The average Bonchev–Trinajstić information content (AvgIpc) is 2.69. The van der Waals surface area contributed by atoms with Crippen molar-refractivity contribution in [2.24, 2.45) is 0 Å². The lowest BCUT2D eigenvalue weighted by atomic mass is 10.2. The maximum Gasteiger partial charge on any atom is 0.264 e. The molecule has 1 aromatic heterocycles. The van der Waals surface area contributed by atoms with E-state index in [1.807, 2.05) is 0 Å². The van der Waals surface area contributed by atoms with Crippen LogP contribution in [0.5, 0.6) is 5.75 Å². The van der Waals surface area contributed by atoms with E-state index in [1.54, 1.807) is 26.0 Å². The number of carbonyl (C=O) groups is 1. The van der Waals surface area contributed by atoms with Crippen molar-refractivity contribution in [1.29, 1.82) is 0 Å². The number of sulfonamides is 1. The Labute approximate surface area is 198 Å². The molecule has 0 spiro atoms. The quantitative estimate of drug-likeness (QED) is 0.365. The van der Waals surface area contributed by atoms with E-state index in [9.17, 15) is 18.3 Å². The number of aryl methyl sites for hydroxylation is 2. The number of hydrogen-bond acceptors (Lipinski definition) is 7. The van der Waals surface area contributed by atoms with Crippen LogP contribution in [0.1, 0.15) is 21.7 Å². The van der Waals surface area contributed by atoms with Crippen molar-refractivity contribution in [3.05, 3.63) is 70.0 Å². The SMILES string of the molecule is Cc1cc(C)nc(NS(=O)(=O)c2ccc(NC(=S)NC(=O)c3cc(Br)ccc3O)cc2)n1. The van der Waals surface area contributed by atoms with Crippen LogP contribution >= 0.6 is 28.1 Å². The number of aromatic nitrogens is 2. The molecule has 0 saturated carbocycles. The maximum atomic E-state index is 12.6. The molecule has 9 nitrogen and oxygen atoms in total. The summed E-state index contributed by atoms with van der Waals surface area (Å²) in [6, 6.07) is 11.9. The number of nitrogens with zero attached hydrogens (tertiary/aromatic N) is 2. The normalized spacial score (nSPS) is 11.0. The minimum absolute atomic E-state index is 0.000166. The van der Waals surface area contributed by atoms with Gasteiger partial charge in [-0.15, -0.1) is 0 Å². The monoisotopic (exact) mass is 535 g/mol. The Balaban J connectivity index is 1.66. The molecule has 0 aliphatic rings. The molecule has 0 fully saturated rings. The molecule has 0 bridgehead atoms. The third-order valence-corrected chi connectivity index (χ3v) is 6.10. The van der Waals surface area contributed by atoms with Gasteiger partial charge in [0.1, 0.15) is 5.75 Å². The summed E-state index contributed by atoms with van der Waals surface area (Å²) in [5.74, 6) is -0.800. The Morgan fingerprint density at radius 2 is 1.66 bits per heavy atom. The number of rotatable bonds is 5. The van der Waals surface area contributed by atoms with Crippen LogP contribution in [0.3, 0.4) is 0 Å². The van der Waals surface area contributed by atoms with Crippen LogP contribution in [0, 0.1) is 13.8 Å². The Morgan fingerprint density at radius 3 is 2.28 bits per heavy atom. The molecule has 0 unspecified atom stereocenters. The molecular formula is C20H18BrN5O4S2. The van der Waals surface area contributed by atoms with Crippen molar-refractivity contribution in [3.8, 4) is 5.75 Å². The van der Waals surface area contributed by atoms with Gasteiger partial charge < -0.3 is 10.4 Å². The van der Waals surface area contributed by atoms with Gasteiger partial charge in [-0.3, -0.25) is 10.1 Å². The molecule has 3 aromatic rings. The highest BCUT2D eigenvalue weighted by Gasteiger charge is 2.17. The van der Waals surface area contributed by atoms with Gasteiger partial charge in [-0.25, -0.2) is 23.1 Å². The summed E-state index contributed by atoms with van der Waals surface area (Å²) < 4.78 is 28.2. The first-order valence-corrected chi connectivity index (χ1v) is 11.8. The molecule has 3 rings (SSSR count). The fraction of sp³-hybridized carbons (Fsp3) is 0.100. The van der Waals surface area contributed by atoms with Gasteiger partial charge >= 0.3 is 0 Å². The number of amides is 1. The van der Waals surface area contributed by atoms with E-state index in [1.165, 1.54) is 36.4 Å². The van der Waals surface area contributed by atoms with Gasteiger partial charge in [-0.1, -0.05) is 15.9 Å². The number of aromatic hydroxyl groups is 1. The van der Waals surface area contributed by atoms with E-state index in [2.05, 4.69) is 41.3 Å². The number of benzene rings is 2. The third-order valence-electron chi connectivity index (χ3n) is 4.06. The predicted molar refractivity (Wildman–Crippen MR) is 128 cm³/mol. The van der Waals surface area contributed by atoms with E-state index in [0.717, 1.165) is 0 Å². The summed E-state index contributed by atoms with van der Waals surface area (Å²) in [6.07, 6.45) is 0. The second kappa shape index (κ2) is 9.59. The van der Waals surface area contributed by atoms with Crippen molar-refractivity contribution in [3.63, 3.8) is 0 Å². The highest BCUT2D eigenvalue weighted by atomic mass is 79.9. The van der Waals surface area contributed by atoms with Gasteiger partial charge in [-0.2, -0.15) is 0 Å². The van der Waals surface area contributed by atoms with E-state index in [4.69, 9.17) is 12.2 Å². The van der Waals surface area contributed by atoms with Crippen LogP contribution in [-0.2, 0) is 10.0 Å². The zero-order valence-corrected chi connectivity index (χ0v) is 20.1. The molecule has 4 N–H and O–H groups in total. The van der Waals surface area contributed by atoms with Gasteiger partial charge in [0.15, 0.2) is 5.11 Å². The number of nitrogens with one attached hydrogen (secondary N) is 3. The van der Waals surface area contributed by atoms with Crippen molar-refractivity contribution < 1.29 is 18.3 Å². The number of phenolic OH excluding ortho intramolecular Hbond substituents is 1. The molecule has 0 saturated heterocycles. The molecule has 0 aliphatic carbocycles. The number of carbonyl (C=O) groups excluding carboxylic acids is 1. The number of halogens is 1. The maximum absolute atomic E-state index is 12.6. The van der Waals surface area contributed by atoms with Gasteiger partial charge in [0, 0.05) is 21.5 Å². The molecular weight excluding hydrogens is 518 g/mol. The summed E-state index contributed by atoms with van der Waals surface area (Å²) in [5, 5.41) is 15.1. The van der Waals surface area contributed by atoms with Gasteiger partial charge in [-0.05, 0) is 74.6 Å². The zero-order valence-electron chi connectivity index (χ0n) is 16.9. The third kappa shape index (κ3) is 5.99. The smallest absolute Gasteiger partial charge is 0.264 e. The van der Waals surface area contributed by atoms with Crippen molar-refractivity contribution in [1.82, 2.24) is 15.3 Å². The topological polar surface area (TPSA) is 133 Å². The fourth-order valence-corrected chi connectivity index (χ4v) is 4.21. The van der Waals surface area contributed by atoms with E-state index < -0.39 is 15.9 Å². The Bertz CT molecular complexity index is 1280. The predicted octanol–water partition coefficient (Wildman–Crippen LogP) is 3.49. The molecule has 1 amide bonds. The van der Waals surface area contributed by atoms with E-state index >= 15 is 0 Å². The summed E-state index contributed by atoms with van der Waals surface area (Å²) in [4.78, 5) is 20.5. The number of hydrogen-bond donors (Lipinski definition) is 4. The molecule has 0 aliphatic heterocycles. The minimum Gasteiger partial charge on any atom is -0.507 e. The molecule has 1 heterocycles.